The number of nitrogens with zero attached hydrogens (tertiary/aromatic N) is 2. The van der Waals surface area contributed by atoms with Gasteiger partial charge < -0.3 is 5.73 Å². The van der Waals surface area contributed by atoms with E-state index >= 15 is 0 Å². The molecule has 21 heavy (non-hydrogen) atoms. The fourth-order valence-corrected chi connectivity index (χ4v) is 2.35. The predicted octanol–water partition coefficient (Wildman–Crippen LogP) is 4.33. The van der Waals surface area contributed by atoms with Gasteiger partial charge in [-0.25, -0.2) is 18.2 Å². The van der Waals surface area contributed by atoms with Gasteiger partial charge in [0.05, 0.1) is 26.8 Å². The summed E-state index contributed by atoms with van der Waals surface area (Å²) in [6, 6.07) is 4.57. The highest BCUT2D eigenvalue weighted by atomic mass is 35.5. The Balaban J connectivity index is 2.34. The van der Waals surface area contributed by atoms with Crippen LogP contribution < -0.4 is 5.73 Å². The second-order valence-corrected chi connectivity index (χ2v) is 5.10. The van der Waals surface area contributed by atoms with Crippen LogP contribution in [-0.2, 0) is 0 Å². The molecule has 0 atom stereocenters. The highest BCUT2D eigenvalue weighted by molar-refractivity contribution is 6.42. The number of rotatable bonds is 1. The molecule has 1 heterocycles. The normalized spacial score (nSPS) is 11.3. The third-order valence-electron chi connectivity index (χ3n) is 2.95. The van der Waals surface area contributed by atoms with Crippen molar-refractivity contribution < 1.29 is 13.2 Å². The molecule has 108 valence electrons. The van der Waals surface area contributed by atoms with Crippen LogP contribution in [0.1, 0.15) is 0 Å². The SMILES string of the molecule is Nc1nc2cc(Cl)c(Cl)cc2n1-c1cc(F)c(F)c(F)c1. The number of benzene rings is 2. The molecule has 0 bridgehead atoms. The molecule has 0 radical (unpaired) electrons. The summed E-state index contributed by atoms with van der Waals surface area (Å²) in [6.07, 6.45) is 0. The lowest BCUT2D eigenvalue weighted by Crippen LogP contribution is -2.03. The van der Waals surface area contributed by atoms with E-state index in [9.17, 15) is 13.2 Å². The predicted molar refractivity (Wildman–Crippen MR) is 75.4 cm³/mol. The van der Waals surface area contributed by atoms with Gasteiger partial charge in [0.15, 0.2) is 17.5 Å². The molecule has 8 heteroatoms. The van der Waals surface area contributed by atoms with Gasteiger partial charge in [-0.3, -0.25) is 4.57 Å². The number of fused-ring (bicyclic) bond motifs is 1. The van der Waals surface area contributed by atoms with Crippen LogP contribution in [0.3, 0.4) is 0 Å². The van der Waals surface area contributed by atoms with Crippen LogP contribution in [0.5, 0.6) is 0 Å². The molecule has 3 aromatic rings. The van der Waals surface area contributed by atoms with Gasteiger partial charge in [0.25, 0.3) is 0 Å². The van der Waals surface area contributed by atoms with E-state index in [-0.39, 0.29) is 21.7 Å². The number of halogens is 5. The molecule has 3 nitrogen and oxygen atoms in total. The van der Waals surface area contributed by atoms with E-state index in [2.05, 4.69) is 4.98 Å². The molecule has 1 aromatic heterocycles. The molecule has 2 aromatic carbocycles. The van der Waals surface area contributed by atoms with E-state index in [4.69, 9.17) is 28.9 Å². The zero-order valence-electron chi connectivity index (χ0n) is 10.2. The van der Waals surface area contributed by atoms with Crippen LogP contribution in [0.15, 0.2) is 24.3 Å². The summed E-state index contributed by atoms with van der Waals surface area (Å²) in [5.74, 6) is -4.24. The van der Waals surface area contributed by atoms with Crippen molar-refractivity contribution in [1.82, 2.24) is 9.55 Å². The van der Waals surface area contributed by atoms with E-state index < -0.39 is 17.5 Å². The lowest BCUT2D eigenvalue weighted by molar-refractivity contribution is 0.446. The van der Waals surface area contributed by atoms with Crippen LogP contribution >= 0.6 is 23.2 Å². The van der Waals surface area contributed by atoms with Crippen LogP contribution in [0, 0.1) is 17.5 Å². The summed E-state index contributed by atoms with van der Waals surface area (Å²) in [4.78, 5) is 4.03. The molecular weight excluding hydrogens is 326 g/mol. The van der Waals surface area contributed by atoms with Gasteiger partial charge in [-0.05, 0) is 12.1 Å². The van der Waals surface area contributed by atoms with Crippen molar-refractivity contribution in [2.45, 2.75) is 0 Å². The lowest BCUT2D eigenvalue weighted by Gasteiger charge is -2.08. The molecule has 0 saturated heterocycles. The number of nitrogens with two attached hydrogens (primary N) is 1. The monoisotopic (exact) mass is 331 g/mol. The number of anilines is 1. The van der Waals surface area contributed by atoms with Crippen molar-refractivity contribution in [3.63, 3.8) is 0 Å². The minimum Gasteiger partial charge on any atom is -0.369 e. The van der Waals surface area contributed by atoms with Gasteiger partial charge in [-0.2, -0.15) is 0 Å². The van der Waals surface area contributed by atoms with Crippen LogP contribution in [-0.4, -0.2) is 9.55 Å². The third-order valence-corrected chi connectivity index (χ3v) is 3.67. The minimum atomic E-state index is -1.55. The standard InChI is InChI=1S/C13H6Cl2F3N3/c14-6-3-10-11(4-7(6)15)21(13(19)20-10)5-1-8(16)12(18)9(17)2-5/h1-4H,(H2,19,20). The molecule has 0 aliphatic rings. The van der Waals surface area contributed by atoms with E-state index in [0.717, 1.165) is 12.1 Å². The van der Waals surface area contributed by atoms with Crippen molar-refractivity contribution in [3.05, 3.63) is 51.8 Å². The van der Waals surface area contributed by atoms with Gasteiger partial charge >= 0.3 is 0 Å². The van der Waals surface area contributed by atoms with Gasteiger partial charge in [0.1, 0.15) is 0 Å². The maximum atomic E-state index is 13.4. The number of hydrogen-bond donors (Lipinski definition) is 1. The molecule has 3 rings (SSSR count). The second-order valence-electron chi connectivity index (χ2n) is 4.28. The number of nitrogen functional groups attached to an aromatic ring is 1. The van der Waals surface area contributed by atoms with Crippen molar-refractivity contribution in [3.8, 4) is 5.69 Å². The first-order valence-corrected chi connectivity index (χ1v) is 6.42. The highest BCUT2D eigenvalue weighted by Crippen LogP contribution is 2.31. The Labute approximate surface area is 126 Å². The highest BCUT2D eigenvalue weighted by Gasteiger charge is 2.17. The Kier molecular flexibility index (Phi) is 3.22. The van der Waals surface area contributed by atoms with Crippen LogP contribution in [0.2, 0.25) is 10.0 Å². The number of aromatic nitrogens is 2. The topological polar surface area (TPSA) is 43.8 Å². The third kappa shape index (κ3) is 2.20. The minimum absolute atomic E-state index is 0.00945. The first kappa shape index (κ1) is 14.0. The first-order chi connectivity index (χ1) is 9.88. The Morgan fingerprint density at radius 2 is 1.52 bits per heavy atom. The van der Waals surface area contributed by atoms with Gasteiger partial charge in [0.2, 0.25) is 5.95 Å². The maximum absolute atomic E-state index is 13.4. The second kappa shape index (κ2) is 4.82. The van der Waals surface area contributed by atoms with Gasteiger partial charge in [0, 0.05) is 12.1 Å². The Hall–Kier alpha value is -1.92. The van der Waals surface area contributed by atoms with Crippen molar-refractivity contribution in [2.75, 3.05) is 5.73 Å². The molecule has 0 fully saturated rings. The quantitative estimate of drug-likeness (QED) is 0.674. The van der Waals surface area contributed by atoms with Crippen LogP contribution in [0.4, 0.5) is 19.1 Å². The van der Waals surface area contributed by atoms with E-state index in [1.54, 1.807) is 0 Å². The van der Waals surface area contributed by atoms with E-state index in [0.29, 0.717) is 11.0 Å². The molecule has 0 spiro atoms. The molecule has 0 aliphatic heterocycles. The molecule has 0 saturated carbocycles. The van der Waals surface area contributed by atoms with Gasteiger partial charge in [-0.1, -0.05) is 23.2 Å². The molecule has 0 aliphatic carbocycles. The Morgan fingerprint density at radius 3 is 2.14 bits per heavy atom. The molecular formula is C13H6Cl2F3N3. The Morgan fingerprint density at radius 1 is 0.952 bits per heavy atom. The molecule has 0 unspecified atom stereocenters. The van der Waals surface area contributed by atoms with Crippen molar-refractivity contribution in [1.29, 1.82) is 0 Å². The zero-order chi connectivity index (χ0) is 15.3. The van der Waals surface area contributed by atoms with E-state index in [1.165, 1.54) is 16.7 Å². The summed E-state index contributed by atoms with van der Waals surface area (Å²) in [5, 5.41) is 0.499. The van der Waals surface area contributed by atoms with Gasteiger partial charge in [-0.15, -0.1) is 0 Å². The van der Waals surface area contributed by atoms with Crippen molar-refractivity contribution in [2.24, 2.45) is 0 Å². The maximum Gasteiger partial charge on any atom is 0.205 e. The Bertz CT molecular complexity index is 854. The van der Waals surface area contributed by atoms with Crippen LogP contribution in [0.25, 0.3) is 16.7 Å². The summed E-state index contributed by atoms with van der Waals surface area (Å²) in [6.45, 7) is 0. The average molecular weight is 332 g/mol. The lowest BCUT2D eigenvalue weighted by atomic mass is 10.2. The fraction of sp³-hybridized carbons (Fsp3) is 0. The zero-order valence-corrected chi connectivity index (χ0v) is 11.7. The summed E-state index contributed by atoms with van der Waals surface area (Å²) < 4.78 is 41.0. The average Bonchev–Trinajstić information content (AvgIpc) is 2.71. The molecule has 0 amide bonds. The summed E-state index contributed by atoms with van der Waals surface area (Å²) in [5.41, 5.74) is 6.53. The number of imidazole rings is 1. The summed E-state index contributed by atoms with van der Waals surface area (Å²) >= 11 is 11.8. The molecule has 2 N–H and O–H groups in total. The fourth-order valence-electron chi connectivity index (χ4n) is 2.03. The summed E-state index contributed by atoms with van der Waals surface area (Å²) in [7, 11) is 0. The largest absolute Gasteiger partial charge is 0.369 e. The smallest absolute Gasteiger partial charge is 0.205 e. The van der Waals surface area contributed by atoms with E-state index in [1.807, 2.05) is 0 Å². The number of hydrogen-bond acceptors (Lipinski definition) is 2. The first-order valence-electron chi connectivity index (χ1n) is 5.66. The van der Waals surface area contributed by atoms with Crippen molar-refractivity contribution >= 4 is 40.2 Å².